The first-order valence-electron chi connectivity index (χ1n) is 8.40. The van der Waals surface area contributed by atoms with E-state index in [2.05, 4.69) is 5.32 Å². The monoisotopic (exact) mass is 357 g/mol. The standard InChI is InChI=1S/C20H20ClNO3/c21-16-10-7-15(8-11-16)19(14-5-6-14)22-18(23)12-9-13-3-1-2-4-17(13)20(24)25/h1-4,7-8,10-11,14,19H,5-6,9,12H2,(H,22,23)(H,24,25). The number of nitrogens with one attached hydrogen (secondary N) is 1. The molecule has 0 bridgehead atoms. The lowest BCUT2D eigenvalue weighted by Crippen LogP contribution is -2.30. The molecule has 1 aliphatic carbocycles. The van der Waals surface area contributed by atoms with E-state index in [-0.39, 0.29) is 23.9 Å². The highest BCUT2D eigenvalue weighted by Crippen LogP contribution is 2.41. The summed E-state index contributed by atoms with van der Waals surface area (Å²) in [4.78, 5) is 23.6. The molecule has 0 aliphatic heterocycles. The van der Waals surface area contributed by atoms with Crippen LogP contribution in [0, 0.1) is 5.92 Å². The van der Waals surface area contributed by atoms with Crippen LogP contribution in [0.25, 0.3) is 0 Å². The zero-order valence-corrected chi connectivity index (χ0v) is 14.5. The van der Waals surface area contributed by atoms with E-state index in [0.717, 1.165) is 18.4 Å². The molecule has 1 fully saturated rings. The van der Waals surface area contributed by atoms with Crippen molar-refractivity contribution in [3.05, 3.63) is 70.2 Å². The third kappa shape index (κ3) is 4.60. The van der Waals surface area contributed by atoms with Crippen molar-refractivity contribution >= 4 is 23.5 Å². The fraction of sp³-hybridized carbons (Fsp3) is 0.300. The first-order valence-corrected chi connectivity index (χ1v) is 8.78. The lowest BCUT2D eigenvalue weighted by molar-refractivity contribution is -0.122. The van der Waals surface area contributed by atoms with Crippen LogP contribution < -0.4 is 5.32 Å². The molecule has 1 atom stereocenters. The summed E-state index contributed by atoms with van der Waals surface area (Å²) in [5.74, 6) is -0.559. The molecule has 2 aromatic rings. The van der Waals surface area contributed by atoms with Gasteiger partial charge in [0.25, 0.3) is 0 Å². The fourth-order valence-electron chi connectivity index (χ4n) is 3.01. The topological polar surface area (TPSA) is 66.4 Å². The lowest BCUT2D eigenvalue weighted by Gasteiger charge is -2.19. The van der Waals surface area contributed by atoms with Crippen molar-refractivity contribution in [1.29, 1.82) is 0 Å². The highest BCUT2D eigenvalue weighted by molar-refractivity contribution is 6.30. The Morgan fingerprint density at radius 2 is 1.80 bits per heavy atom. The Kier molecular flexibility index (Phi) is 5.39. The zero-order valence-electron chi connectivity index (χ0n) is 13.7. The number of rotatable bonds is 7. The van der Waals surface area contributed by atoms with Gasteiger partial charge in [-0.2, -0.15) is 0 Å². The van der Waals surface area contributed by atoms with Crippen LogP contribution >= 0.6 is 11.6 Å². The number of carboxylic acid groups (broad SMARTS) is 1. The molecule has 0 radical (unpaired) electrons. The molecule has 3 rings (SSSR count). The smallest absolute Gasteiger partial charge is 0.335 e. The normalized spacial score (nSPS) is 14.8. The molecule has 1 unspecified atom stereocenters. The minimum Gasteiger partial charge on any atom is -0.478 e. The van der Waals surface area contributed by atoms with Crippen molar-refractivity contribution in [3.8, 4) is 0 Å². The predicted molar refractivity (Wildman–Crippen MR) is 96.8 cm³/mol. The van der Waals surface area contributed by atoms with Crippen LogP contribution in [0.4, 0.5) is 0 Å². The van der Waals surface area contributed by atoms with Crippen LogP contribution in [0.5, 0.6) is 0 Å². The van der Waals surface area contributed by atoms with Gasteiger partial charge in [-0.25, -0.2) is 4.79 Å². The number of carbonyl (C=O) groups is 2. The Balaban J connectivity index is 1.63. The van der Waals surface area contributed by atoms with Gasteiger partial charge >= 0.3 is 5.97 Å². The molecule has 5 heteroatoms. The van der Waals surface area contributed by atoms with E-state index >= 15 is 0 Å². The van der Waals surface area contributed by atoms with Gasteiger partial charge in [-0.1, -0.05) is 41.9 Å². The van der Waals surface area contributed by atoms with Crippen molar-refractivity contribution in [2.24, 2.45) is 5.92 Å². The highest BCUT2D eigenvalue weighted by Gasteiger charge is 2.33. The molecule has 1 amide bonds. The molecular weight excluding hydrogens is 338 g/mol. The van der Waals surface area contributed by atoms with Crippen LogP contribution in [0.3, 0.4) is 0 Å². The number of amides is 1. The summed E-state index contributed by atoms with van der Waals surface area (Å²) in [7, 11) is 0. The van der Waals surface area contributed by atoms with Crippen molar-refractivity contribution in [2.45, 2.75) is 31.7 Å². The van der Waals surface area contributed by atoms with Gasteiger partial charge in [-0.3, -0.25) is 4.79 Å². The Hall–Kier alpha value is -2.33. The average molecular weight is 358 g/mol. The summed E-state index contributed by atoms with van der Waals surface area (Å²) < 4.78 is 0. The van der Waals surface area contributed by atoms with E-state index in [0.29, 0.717) is 22.9 Å². The van der Waals surface area contributed by atoms with E-state index in [9.17, 15) is 14.7 Å². The second-order valence-corrected chi connectivity index (χ2v) is 6.83. The number of hydrogen-bond donors (Lipinski definition) is 2. The van der Waals surface area contributed by atoms with Crippen LogP contribution in [0.15, 0.2) is 48.5 Å². The first-order chi connectivity index (χ1) is 12.0. The molecule has 1 saturated carbocycles. The number of aryl methyl sites for hydroxylation is 1. The Morgan fingerprint density at radius 1 is 1.12 bits per heavy atom. The number of benzene rings is 2. The molecule has 0 spiro atoms. The van der Waals surface area contributed by atoms with Gasteiger partial charge in [0.2, 0.25) is 5.91 Å². The summed E-state index contributed by atoms with van der Waals surface area (Å²) in [6, 6.07) is 14.4. The number of aromatic carboxylic acids is 1. The molecular formula is C20H20ClNO3. The van der Waals surface area contributed by atoms with E-state index in [1.807, 2.05) is 24.3 Å². The molecule has 1 aliphatic rings. The Morgan fingerprint density at radius 3 is 2.44 bits per heavy atom. The molecule has 25 heavy (non-hydrogen) atoms. The summed E-state index contributed by atoms with van der Waals surface area (Å²) >= 11 is 5.94. The highest BCUT2D eigenvalue weighted by atomic mass is 35.5. The van der Waals surface area contributed by atoms with Crippen molar-refractivity contribution in [3.63, 3.8) is 0 Å². The number of hydrogen-bond acceptors (Lipinski definition) is 2. The second kappa shape index (κ2) is 7.70. The molecule has 4 nitrogen and oxygen atoms in total. The van der Waals surface area contributed by atoms with E-state index in [4.69, 9.17) is 11.6 Å². The van der Waals surface area contributed by atoms with Crippen molar-refractivity contribution in [1.82, 2.24) is 5.32 Å². The van der Waals surface area contributed by atoms with Gasteiger partial charge in [0.05, 0.1) is 11.6 Å². The second-order valence-electron chi connectivity index (χ2n) is 6.40. The van der Waals surface area contributed by atoms with E-state index in [1.165, 1.54) is 0 Å². The quantitative estimate of drug-likeness (QED) is 0.778. The molecule has 2 aromatic carbocycles. The number of halogens is 1. The minimum absolute atomic E-state index is 0.000478. The molecule has 130 valence electrons. The summed E-state index contributed by atoms with van der Waals surface area (Å²) in [5, 5.41) is 13.0. The zero-order chi connectivity index (χ0) is 17.8. The van der Waals surface area contributed by atoms with Crippen molar-refractivity contribution < 1.29 is 14.7 Å². The largest absolute Gasteiger partial charge is 0.478 e. The van der Waals surface area contributed by atoms with Gasteiger partial charge in [0, 0.05) is 11.4 Å². The lowest BCUT2D eigenvalue weighted by atomic mass is 10.0. The molecule has 0 heterocycles. The first kappa shape index (κ1) is 17.5. The van der Waals surface area contributed by atoms with Crippen LogP contribution in [-0.4, -0.2) is 17.0 Å². The van der Waals surface area contributed by atoms with E-state index in [1.54, 1.807) is 24.3 Å². The molecule has 2 N–H and O–H groups in total. The third-order valence-corrected chi connectivity index (χ3v) is 4.76. The molecule has 0 saturated heterocycles. The Bertz CT molecular complexity index is 769. The minimum atomic E-state index is -0.965. The average Bonchev–Trinajstić information content (AvgIpc) is 3.44. The van der Waals surface area contributed by atoms with Gasteiger partial charge < -0.3 is 10.4 Å². The van der Waals surface area contributed by atoms with E-state index < -0.39 is 5.97 Å². The third-order valence-electron chi connectivity index (χ3n) is 4.51. The number of carboxylic acids is 1. The maximum absolute atomic E-state index is 12.4. The maximum atomic E-state index is 12.4. The predicted octanol–water partition coefficient (Wildman–Crippen LogP) is 4.24. The van der Waals surface area contributed by atoms with Gasteiger partial charge in [0.1, 0.15) is 0 Å². The number of carbonyl (C=O) groups excluding carboxylic acids is 1. The van der Waals surface area contributed by atoms with Gasteiger partial charge in [-0.05, 0) is 54.5 Å². The summed E-state index contributed by atoms with van der Waals surface area (Å²) in [6.45, 7) is 0. The maximum Gasteiger partial charge on any atom is 0.335 e. The molecule has 0 aromatic heterocycles. The fourth-order valence-corrected chi connectivity index (χ4v) is 3.14. The Labute approximate surface area is 151 Å². The van der Waals surface area contributed by atoms with Gasteiger partial charge in [0.15, 0.2) is 0 Å². The van der Waals surface area contributed by atoms with Gasteiger partial charge in [-0.15, -0.1) is 0 Å². The summed E-state index contributed by atoms with van der Waals surface area (Å²) in [5.41, 5.74) is 2.00. The van der Waals surface area contributed by atoms with Crippen LogP contribution in [0.1, 0.15) is 46.8 Å². The SMILES string of the molecule is O=C(CCc1ccccc1C(=O)O)NC(c1ccc(Cl)cc1)C1CC1. The summed E-state index contributed by atoms with van der Waals surface area (Å²) in [6.07, 6.45) is 2.89. The van der Waals surface area contributed by atoms with Crippen molar-refractivity contribution in [2.75, 3.05) is 0 Å². The van der Waals surface area contributed by atoms with Crippen LogP contribution in [0.2, 0.25) is 5.02 Å². The van der Waals surface area contributed by atoms with Crippen LogP contribution in [-0.2, 0) is 11.2 Å².